The number of hydrogen-bond acceptors (Lipinski definition) is 4. The second-order valence-corrected chi connectivity index (χ2v) is 1.81. The van der Waals surface area contributed by atoms with Gasteiger partial charge in [-0.2, -0.15) is 0 Å². The largest absolute Gasteiger partial charge is 0.368 e. The summed E-state index contributed by atoms with van der Waals surface area (Å²) >= 11 is 0. The summed E-state index contributed by atoms with van der Waals surface area (Å²) in [6, 6.07) is 0. The van der Waals surface area contributed by atoms with E-state index in [9.17, 15) is 0 Å². The minimum atomic E-state index is 0.377. The predicted octanol–water partition coefficient (Wildman–Crippen LogP) is -1.25. The number of anilines is 1. The number of aromatic amines is 2. The third-order valence-electron chi connectivity index (χ3n) is 1.20. The van der Waals surface area contributed by atoms with E-state index in [1.54, 1.807) is 0 Å². The Labute approximate surface area is 55.5 Å². The van der Waals surface area contributed by atoms with E-state index in [2.05, 4.69) is 25.4 Å². The summed E-state index contributed by atoms with van der Waals surface area (Å²) in [6.45, 7) is 0. The van der Waals surface area contributed by atoms with Crippen molar-refractivity contribution in [1.29, 1.82) is 0 Å². The number of nitrogens with one attached hydrogen (secondary N) is 2. The van der Waals surface area contributed by atoms with Crippen LogP contribution in [-0.2, 0) is 0 Å². The van der Waals surface area contributed by atoms with Gasteiger partial charge in [-0.3, -0.25) is 0 Å². The van der Waals surface area contributed by atoms with Crippen molar-refractivity contribution in [2.24, 2.45) is 0 Å². The van der Waals surface area contributed by atoms with E-state index < -0.39 is 0 Å². The summed E-state index contributed by atoms with van der Waals surface area (Å²) in [4.78, 5) is 6.55. The maximum absolute atomic E-state index is 5.45. The van der Waals surface area contributed by atoms with E-state index in [1.165, 1.54) is 6.33 Å². The number of nitrogens with zero attached hydrogens (tertiary/aromatic N) is 3. The highest BCUT2D eigenvalue weighted by Gasteiger charge is 2.08. The van der Waals surface area contributed by atoms with Gasteiger partial charge in [-0.1, -0.05) is 4.98 Å². The molecule has 6 nitrogen and oxygen atoms in total. The molecule has 2 rings (SSSR count). The van der Waals surface area contributed by atoms with Crippen molar-refractivity contribution >= 4 is 17.0 Å². The van der Waals surface area contributed by atoms with Crippen molar-refractivity contribution in [3.63, 3.8) is 0 Å². The van der Waals surface area contributed by atoms with Crippen LogP contribution in [0.15, 0.2) is 6.33 Å². The molecule has 6 heteroatoms. The molecule has 0 radical (unpaired) electrons. The van der Waals surface area contributed by atoms with Gasteiger partial charge >= 0.3 is 5.65 Å². The van der Waals surface area contributed by atoms with Crippen LogP contribution in [0.5, 0.6) is 0 Å². The quantitative estimate of drug-likeness (QED) is 0.474. The van der Waals surface area contributed by atoms with E-state index in [1.807, 2.05) is 0 Å². The Kier molecular flexibility index (Phi) is 0.830. The first-order valence-corrected chi connectivity index (χ1v) is 2.70. The highest BCUT2D eigenvalue weighted by molar-refractivity contribution is 5.76. The fourth-order valence-electron chi connectivity index (χ4n) is 0.734. The van der Waals surface area contributed by atoms with Crippen LogP contribution in [0.25, 0.3) is 11.2 Å². The fourth-order valence-corrected chi connectivity index (χ4v) is 0.734. The van der Waals surface area contributed by atoms with Gasteiger partial charge in [0.15, 0.2) is 0 Å². The number of aromatic nitrogens is 5. The molecule has 0 atom stereocenters. The lowest BCUT2D eigenvalue weighted by Gasteiger charge is -1.80. The number of rotatable bonds is 0. The van der Waals surface area contributed by atoms with Crippen LogP contribution in [0.3, 0.4) is 0 Å². The Morgan fingerprint density at radius 2 is 2.40 bits per heavy atom. The molecule has 50 valence electrons. The molecule has 0 aliphatic rings. The Hall–Kier alpha value is -1.72. The molecule has 0 unspecified atom stereocenters. The van der Waals surface area contributed by atoms with Crippen LogP contribution in [-0.4, -0.2) is 20.4 Å². The zero-order valence-electron chi connectivity index (χ0n) is 5.00. The molecule has 2 heterocycles. The number of nitrogens with two attached hydrogens (primary N) is 1. The second-order valence-electron chi connectivity index (χ2n) is 1.81. The monoisotopic (exact) mass is 137 g/mol. The number of hydrogen-bond donors (Lipinski definition) is 2. The first kappa shape index (κ1) is 5.10. The third-order valence-corrected chi connectivity index (χ3v) is 1.20. The van der Waals surface area contributed by atoms with Gasteiger partial charge in [0.05, 0.1) is 0 Å². The Bertz CT molecular complexity index is 351. The smallest absolute Gasteiger partial charge is 0.318 e. The standard InChI is InChI=1S/C4H4N6/c5-3-2-4(7-1-6-3)9-10-8-2/h1H,(H3,5,6,7,8,9,10)/p+1. The zero-order chi connectivity index (χ0) is 6.97. The van der Waals surface area contributed by atoms with Crippen molar-refractivity contribution in [3.05, 3.63) is 6.33 Å². The summed E-state index contributed by atoms with van der Waals surface area (Å²) < 4.78 is 0. The van der Waals surface area contributed by atoms with Crippen LogP contribution in [0, 0.1) is 0 Å². The SMILES string of the molecule is Nc1nc[nH+]c2n[nH]nc12. The van der Waals surface area contributed by atoms with Crippen molar-refractivity contribution in [2.45, 2.75) is 0 Å². The summed E-state index contributed by atoms with van der Waals surface area (Å²) in [6.07, 6.45) is 1.47. The summed E-state index contributed by atoms with van der Waals surface area (Å²) in [5, 5.41) is 9.96. The molecule has 0 amide bonds. The normalized spacial score (nSPS) is 10.4. The Morgan fingerprint density at radius 3 is 3.20 bits per heavy atom. The maximum Gasteiger partial charge on any atom is 0.318 e. The molecule has 10 heavy (non-hydrogen) atoms. The molecular formula is C4H5N6+. The zero-order valence-corrected chi connectivity index (χ0v) is 5.00. The molecule has 0 fully saturated rings. The van der Waals surface area contributed by atoms with Crippen molar-refractivity contribution in [1.82, 2.24) is 20.4 Å². The third kappa shape index (κ3) is 0.524. The first-order chi connectivity index (χ1) is 4.88. The lowest BCUT2D eigenvalue weighted by molar-refractivity contribution is -0.352. The van der Waals surface area contributed by atoms with Crippen molar-refractivity contribution < 1.29 is 4.98 Å². The van der Waals surface area contributed by atoms with Gasteiger partial charge in [-0.15, -0.1) is 10.3 Å². The highest BCUT2D eigenvalue weighted by atomic mass is 15.3. The van der Waals surface area contributed by atoms with Gasteiger partial charge in [0.1, 0.15) is 0 Å². The molecule has 0 aliphatic carbocycles. The van der Waals surface area contributed by atoms with Gasteiger partial charge in [-0.25, -0.2) is 4.98 Å². The van der Waals surface area contributed by atoms with Crippen molar-refractivity contribution in [3.8, 4) is 0 Å². The minimum Gasteiger partial charge on any atom is -0.368 e. The lowest BCUT2D eigenvalue weighted by atomic mass is 10.5. The molecule has 2 aromatic heterocycles. The van der Waals surface area contributed by atoms with E-state index in [0.29, 0.717) is 17.0 Å². The molecule has 2 aromatic rings. The van der Waals surface area contributed by atoms with Crippen molar-refractivity contribution in [2.75, 3.05) is 5.73 Å². The van der Waals surface area contributed by atoms with Crippen LogP contribution in [0.4, 0.5) is 5.82 Å². The molecule has 0 bridgehead atoms. The van der Waals surface area contributed by atoms with Gasteiger partial charge in [0.25, 0.3) is 0 Å². The maximum atomic E-state index is 5.45. The Morgan fingerprint density at radius 1 is 1.50 bits per heavy atom. The molecule has 0 spiro atoms. The molecule has 0 aliphatic heterocycles. The van der Waals surface area contributed by atoms with Gasteiger partial charge in [-0.05, 0) is 0 Å². The summed E-state index contributed by atoms with van der Waals surface area (Å²) in [7, 11) is 0. The molecule has 0 saturated heterocycles. The van der Waals surface area contributed by atoms with E-state index in [-0.39, 0.29) is 0 Å². The predicted molar refractivity (Wildman–Crippen MR) is 32.7 cm³/mol. The van der Waals surface area contributed by atoms with Crippen LogP contribution in [0.1, 0.15) is 0 Å². The summed E-state index contributed by atoms with van der Waals surface area (Å²) in [5.74, 6) is 0.377. The second kappa shape index (κ2) is 1.63. The average molecular weight is 137 g/mol. The average Bonchev–Trinajstić information content (AvgIpc) is 2.36. The van der Waals surface area contributed by atoms with E-state index in [4.69, 9.17) is 5.73 Å². The first-order valence-electron chi connectivity index (χ1n) is 2.70. The van der Waals surface area contributed by atoms with Gasteiger partial charge < -0.3 is 5.73 Å². The molecular weight excluding hydrogens is 132 g/mol. The topological polar surface area (TPSA) is 94.6 Å². The van der Waals surface area contributed by atoms with Crippen LogP contribution >= 0.6 is 0 Å². The van der Waals surface area contributed by atoms with E-state index in [0.717, 1.165) is 0 Å². The Balaban J connectivity index is 2.95. The fraction of sp³-hybridized carbons (Fsp3) is 0. The van der Waals surface area contributed by atoms with Crippen LogP contribution in [0.2, 0.25) is 0 Å². The number of fused-ring (bicyclic) bond motifs is 1. The lowest BCUT2D eigenvalue weighted by Crippen LogP contribution is -2.06. The summed E-state index contributed by atoms with van der Waals surface area (Å²) in [5.41, 5.74) is 6.64. The van der Waals surface area contributed by atoms with Gasteiger partial charge in [0, 0.05) is 5.10 Å². The van der Waals surface area contributed by atoms with Gasteiger partial charge in [0.2, 0.25) is 17.7 Å². The highest BCUT2D eigenvalue weighted by Crippen LogP contribution is 2.04. The molecule has 0 saturated carbocycles. The minimum absolute atomic E-state index is 0.377. The molecule has 0 aromatic carbocycles. The number of nitrogen functional groups attached to an aromatic ring is 1. The number of H-pyrrole nitrogens is 2. The van der Waals surface area contributed by atoms with Crippen LogP contribution < -0.4 is 10.7 Å². The van der Waals surface area contributed by atoms with E-state index >= 15 is 0 Å². The molecule has 4 N–H and O–H groups in total.